The molecule has 6 nitrogen and oxygen atoms in total. The average Bonchev–Trinajstić information content (AvgIpc) is 2.68. The van der Waals surface area contributed by atoms with E-state index in [4.69, 9.17) is 14.2 Å². The van der Waals surface area contributed by atoms with Crippen LogP contribution < -0.4 is 14.8 Å². The molecule has 0 aromatic heterocycles. The number of methoxy groups -OCH3 is 1. The van der Waals surface area contributed by atoms with Gasteiger partial charge < -0.3 is 19.5 Å². The second-order valence-electron chi connectivity index (χ2n) is 6.56. The monoisotopic (exact) mass is 397 g/mol. The van der Waals surface area contributed by atoms with Crippen LogP contribution in [0.2, 0.25) is 0 Å². The maximum atomic E-state index is 12.3. The van der Waals surface area contributed by atoms with Crippen LogP contribution in [0.5, 0.6) is 11.5 Å². The maximum Gasteiger partial charge on any atom is 0.331 e. The van der Waals surface area contributed by atoms with Gasteiger partial charge in [0.2, 0.25) is 0 Å². The molecule has 0 heterocycles. The number of aryl methyl sites for hydroxylation is 2. The largest absolute Gasteiger partial charge is 0.493 e. The fraction of sp³-hybridized carbons (Fsp3) is 0.304. The normalized spacial score (nSPS) is 11.8. The van der Waals surface area contributed by atoms with Crippen molar-refractivity contribution in [2.75, 3.05) is 19.0 Å². The van der Waals surface area contributed by atoms with Crippen molar-refractivity contribution in [3.63, 3.8) is 0 Å². The topological polar surface area (TPSA) is 73.9 Å². The highest BCUT2D eigenvalue weighted by Crippen LogP contribution is 2.28. The molecule has 0 bridgehead atoms. The Balaban J connectivity index is 1.97. The summed E-state index contributed by atoms with van der Waals surface area (Å²) in [5.41, 5.74) is 3.50. The predicted molar refractivity (Wildman–Crippen MR) is 113 cm³/mol. The van der Waals surface area contributed by atoms with Crippen molar-refractivity contribution in [1.82, 2.24) is 0 Å². The molecule has 0 unspecified atom stereocenters. The van der Waals surface area contributed by atoms with Gasteiger partial charge in [-0.2, -0.15) is 0 Å². The second-order valence-corrected chi connectivity index (χ2v) is 6.56. The van der Waals surface area contributed by atoms with Gasteiger partial charge in [-0.05, 0) is 63.1 Å². The lowest BCUT2D eigenvalue weighted by atomic mass is 10.1. The Hall–Kier alpha value is -3.28. The smallest absolute Gasteiger partial charge is 0.331 e. The van der Waals surface area contributed by atoms with E-state index in [0.717, 1.165) is 16.7 Å². The number of amides is 1. The van der Waals surface area contributed by atoms with Gasteiger partial charge in [-0.3, -0.25) is 4.79 Å². The quantitative estimate of drug-likeness (QED) is 0.531. The lowest BCUT2D eigenvalue weighted by Gasteiger charge is -2.14. The van der Waals surface area contributed by atoms with E-state index in [1.165, 1.54) is 13.0 Å². The Kier molecular flexibility index (Phi) is 7.83. The highest BCUT2D eigenvalue weighted by molar-refractivity contribution is 5.97. The summed E-state index contributed by atoms with van der Waals surface area (Å²) in [5.74, 6) is 0.207. The standard InChI is InChI=1S/C23H27NO5/c1-6-28-21-14-18(8-11-20(21)27-5)9-12-22(25)29-17(4)23(26)24-19-10-7-15(2)13-16(19)3/h7-14,17H,6H2,1-5H3,(H,24,26)/b12-9+/t17-/m1/s1. The SMILES string of the molecule is CCOc1cc(/C=C/C(=O)O[C@H](C)C(=O)Nc2ccc(C)cc2C)ccc1OC. The number of carbonyl (C=O) groups excluding carboxylic acids is 2. The lowest BCUT2D eigenvalue weighted by Crippen LogP contribution is -2.29. The summed E-state index contributed by atoms with van der Waals surface area (Å²) in [6.45, 7) is 7.80. The number of ether oxygens (including phenoxy) is 3. The van der Waals surface area contributed by atoms with Gasteiger partial charge in [0.15, 0.2) is 17.6 Å². The molecule has 154 valence electrons. The van der Waals surface area contributed by atoms with E-state index in [0.29, 0.717) is 23.8 Å². The summed E-state index contributed by atoms with van der Waals surface area (Å²) in [4.78, 5) is 24.4. The molecular formula is C23H27NO5. The third-order valence-electron chi connectivity index (χ3n) is 4.20. The fourth-order valence-electron chi connectivity index (χ4n) is 2.68. The van der Waals surface area contributed by atoms with Crippen molar-refractivity contribution in [3.8, 4) is 11.5 Å². The highest BCUT2D eigenvalue weighted by atomic mass is 16.5. The Morgan fingerprint density at radius 1 is 1.10 bits per heavy atom. The first-order valence-corrected chi connectivity index (χ1v) is 9.41. The number of nitrogens with one attached hydrogen (secondary N) is 1. The van der Waals surface area contributed by atoms with Crippen LogP contribution in [0, 0.1) is 13.8 Å². The Morgan fingerprint density at radius 2 is 1.86 bits per heavy atom. The zero-order valence-corrected chi connectivity index (χ0v) is 17.4. The van der Waals surface area contributed by atoms with Crippen LogP contribution >= 0.6 is 0 Å². The summed E-state index contributed by atoms with van der Waals surface area (Å²) in [6, 6.07) is 11.0. The van der Waals surface area contributed by atoms with Crippen molar-refractivity contribution < 1.29 is 23.8 Å². The number of hydrogen-bond donors (Lipinski definition) is 1. The molecule has 1 amide bonds. The van der Waals surface area contributed by atoms with Crippen molar-refractivity contribution in [2.45, 2.75) is 33.8 Å². The minimum atomic E-state index is -0.928. The summed E-state index contributed by atoms with van der Waals surface area (Å²) >= 11 is 0. The number of hydrogen-bond acceptors (Lipinski definition) is 5. The molecule has 0 aliphatic heterocycles. The molecule has 2 rings (SSSR count). The average molecular weight is 397 g/mol. The zero-order chi connectivity index (χ0) is 21.4. The first-order chi connectivity index (χ1) is 13.8. The van der Waals surface area contributed by atoms with Crippen LogP contribution in [-0.4, -0.2) is 31.7 Å². The molecule has 29 heavy (non-hydrogen) atoms. The van der Waals surface area contributed by atoms with Crippen LogP contribution in [0.4, 0.5) is 5.69 Å². The summed E-state index contributed by atoms with van der Waals surface area (Å²) in [7, 11) is 1.56. The third-order valence-corrected chi connectivity index (χ3v) is 4.20. The van der Waals surface area contributed by atoms with Crippen molar-refractivity contribution >= 4 is 23.6 Å². The summed E-state index contributed by atoms with van der Waals surface area (Å²) in [5, 5.41) is 2.78. The van der Waals surface area contributed by atoms with Gasteiger partial charge in [0.25, 0.3) is 5.91 Å². The predicted octanol–water partition coefficient (Wildman–Crippen LogP) is 4.29. The second kappa shape index (κ2) is 10.3. The molecule has 0 aliphatic carbocycles. The number of anilines is 1. The van der Waals surface area contributed by atoms with Gasteiger partial charge >= 0.3 is 5.97 Å². The molecule has 2 aromatic rings. The van der Waals surface area contributed by atoms with E-state index in [-0.39, 0.29) is 5.91 Å². The van der Waals surface area contributed by atoms with Crippen molar-refractivity contribution in [1.29, 1.82) is 0 Å². The molecule has 0 fully saturated rings. The van der Waals surface area contributed by atoms with Gasteiger partial charge in [0, 0.05) is 11.8 Å². The molecule has 0 aliphatic rings. The van der Waals surface area contributed by atoms with Gasteiger partial charge in [-0.15, -0.1) is 0 Å². The van der Waals surface area contributed by atoms with Crippen LogP contribution in [0.15, 0.2) is 42.5 Å². The van der Waals surface area contributed by atoms with Gasteiger partial charge in [0.05, 0.1) is 13.7 Å². The fourth-order valence-corrected chi connectivity index (χ4v) is 2.68. The first-order valence-electron chi connectivity index (χ1n) is 9.41. The molecule has 0 saturated heterocycles. The van der Waals surface area contributed by atoms with Crippen LogP contribution in [0.1, 0.15) is 30.5 Å². The Labute approximate surface area is 171 Å². The number of rotatable bonds is 8. The van der Waals surface area contributed by atoms with E-state index in [9.17, 15) is 9.59 Å². The highest BCUT2D eigenvalue weighted by Gasteiger charge is 2.17. The number of carbonyl (C=O) groups is 2. The lowest BCUT2D eigenvalue weighted by molar-refractivity contribution is -0.148. The van der Waals surface area contributed by atoms with Gasteiger partial charge in [-0.1, -0.05) is 23.8 Å². The molecular weight excluding hydrogens is 370 g/mol. The van der Waals surface area contributed by atoms with Crippen molar-refractivity contribution in [2.24, 2.45) is 0 Å². The van der Waals surface area contributed by atoms with Gasteiger partial charge in [0.1, 0.15) is 0 Å². The summed E-state index contributed by atoms with van der Waals surface area (Å²) < 4.78 is 16.0. The summed E-state index contributed by atoms with van der Waals surface area (Å²) in [6.07, 6.45) is 1.94. The molecule has 6 heteroatoms. The van der Waals surface area contributed by atoms with Gasteiger partial charge in [-0.25, -0.2) is 4.79 Å². The van der Waals surface area contributed by atoms with E-state index in [1.54, 1.807) is 31.4 Å². The third kappa shape index (κ3) is 6.38. The minimum absolute atomic E-state index is 0.387. The first kappa shape index (κ1) is 22.0. The van der Waals surface area contributed by atoms with E-state index < -0.39 is 12.1 Å². The van der Waals surface area contributed by atoms with E-state index in [1.807, 2.05) is 39.0 Å². The molecule has 0 spiro atoms. The Bertz CT molecular complexity index is 904. The molecule has 0 radical (unpaired) electrons. The maximum absolute atomic E-state index is 12.3. The van der Waals surface area contributed by atoms with E-state index in [2.05, 4.69) is 5.32 Å². The number of esters is 1. The van der Waals surface area contributed by atoms with Crippen LogP contribution in [0.25, 0.3) is 6.08 Å². The Morgan fingerprint density at radius 3 is 2.52 bits per heavy atom. The zero-order valence-electron chi connectivity index (χ0n) is 17.4. The minimum Gasteiger partial charge on any atom is -0.493 e. The molecule has 1 atom stereocenters. The van der Waals surface area contributed by atoms with Crippen LogP contribution in [-0.2, 0) is 14.3 Å². The van der Waals surface area contributed by atoms with Crippen LogP contribution in [0.3, 0.4) is 0 Å². The molecule has 1 N–H and O–H groups in total. The number of benzene rings is 2. The molecule has 2 aromatic carbocycles. The van der Waals surface area contributed by atoms with Crippen molar-refractivity contribution in [3.05, 3.63) is 59.2 Å². The van der Waals surface area contributed by atoms with E-state index >= 15 is 0 Å². The molecule has 0 saturated carbocycles.